The van der Waals surface area contributed by atoms with E-state index < -0.39 is 18.1 Å². The largest absolute Gasteiger partial charge is 0.390 e. The van der Waals surface area contributed by atoms with E-state index in [9.17, 15) is 13.2 Å². The Morgan fingerprint density at radius 2 is 1.87 bits per heavy atom. The molecule has 0 aromatic heterocycles. The summed E-state index contributed by atoms with van der Waals surface area (Å²) in [6.45, 7) is 1.61. The average molecular weight is 215 g/mol. The van der Waals surface area contributed by atoms with Gasteiger partial charge in [-0.25, -0.2) is 0 Å². The number of hydrogen-bond acceptors (Lipinski definition) is 1. The molecule has 1 fully saturated rings. The van der Waals surface area contributed by atoms with Gasteiger partial charge in [0.05, 0.1) is 12.5 Å². The molecule has 1 heterocycles. The SMILES string of the molecule is C[C@]1(CC(F)(F)F)N[C@H]1c1ccccc1. The Kier molecular flexibility index (Phi) is 2.26. The number of nitrogens with one attached hydrogen (secondary N) is 1. The van der Waals surface area contributed by atoms with Gasteiger partial charge in [0.1, 0.15) is 0 Å². The van der Waals surface area contributed by atoms with Crippen LogP contribution in [0.5, 0.6) is 0 Å². The quantitative estimate of drug-likeness (QED) is 0.752. The molecule has 15 heavy (non-hydrogen) atoms. The van der Waals surface area contributed by atoms with Gasteiger partial charge in [-0.3, -0.25) is 0 Å². The van der Waals surface area contributed by atoms with Gasteiger partial charge < -0.3 is 5.32 Å². The van der Waals surface area contributed by atoms with Crippen molar-refractivity contribution in [2.75, 3.05) is 0 Å². The molecule has 2 atom stereocenters. The maximum Gasteiger partial charge on any atom is 0.390 e. The number of alkyl halides is 3. The van der Waals surface area contributed by atoms with Gasteiger partial charge in [-0.05, 0) is 12.5 Å². The highest BCUT2D eigenvalue weighted by atomic mass is 19.4. The highest BCUT2D eigenvalue weighted by Crippen LogP contribution is 2.46. The average Bonchev–Trinajstić information content (AvgIpc) is 2.75. The van der Waals surface area contributed by atoms with Gasteiger partial charge in [-0.15, -0.1) is 0 Å². The molecule has 0 unspecified atom stereocenters. The molecule has 1 N–H and O–H groups in total. The van der Waals surface area contributed by atoms with Crippen molar-refractivity contribution in [3.05, 3.63) is 35.9 Å². The van der Waals surface area contributed by atoms with Crippen LogP contribution in [0.2, 0.25) is 0 Å². The van der Waals surface area contributed by atoms with Crippen molar-refractivity contribution < 1.29 is 13.2 Å². The topological polar surface area (TPSA) is 21.9 Å². The molecule has 1 aromatic carbocycles. The van der Waals surface area contributed by atoms with Crippen LogP contribution in [0.25, 0.3) is 0 Å². The molecule has 0 amide bonds. The minimum Gasteiger partial charge on any atom is -0.301 e. The number of benzene rings is 1. The van der Waals surface area contributed by atoms with E-state index in [1.807, 2.05) is 30.3 Å². The summed E-state index contributed by atoms with van der Waals surface area (Å²) in [5, 5.41) is 2.90. The third-order valence-electron chi connectivity index (χ3n) is 2.73. The van der Waals surface area contributed by atoms with E-state index in [4.69, 9.17) is 0 Å². The van der Waals surface area contributed by atoms with Crippen LogP contribution in [0.15, 0.2) is 30.3 Å². The lowest BCUT2D eigenvalue weighted by atomic mass is 9.98. The minimum atomic E-state index is -4.11. The summed E-state index contributed by atoms with van der Waals surface area (Å²) in [6.07, 6.45) is -4.88. The third kappa shape index (κ3) is 2.31. The van der Waals surface area contributed by atoms with E-state index in [0.717, 1.165) is 5.56 Å². The van der Waals surface area contributed by atoms with Crippen LogP contribution in [0, 0.1) is 0 Å². The van der Waals surface area contributed by atoms with Crippen LogP contribution in [0.1, 0.15) is 24.9 Å². The van der Waals surface area contributed by atoms with Crippen molar-refractivity contribution in [2.24, 2.45) is 0 Å². The molecule has 1 saturated heterocycles. The first kappa shape index (κ1) is 10.5. The standard InChI is InChI=1S/C11H12F3N/c1-10(7-11(12,13)14)9(15-10)8-5-3-2-4-6-8/h2-6,9,15H,7H2,1H3/t9-,10+/m0/s1. The maximum atomic E-state index is 12.2. The van der Waals surface area contributed by atoms with Crippen molar-refractivity contribution in [2.45, 2.75) is 31.1 Å². The van der Waals surface area contributed by atoms with Gasteiger partial charge in [0.25, 0.3) is 0 Å². The summed E-state index contributed by atoms with van der Waals surface area (Å²) in [4.78, 5) is 0. The molecular formula is C11H12F3N. The molecule has 0 radical (unpaired) electrons. The highest BCUT2D eigenvalue weighted by Gasteiger charge is 2.55. The van der Waals surface area contributed by atoms with Gasteiger partial charge in [-0.2, -0.15) is 13.2 Å². The fraction of sp³-hybridized carbons (Fsp3) is 0.455. The summed E-state index contributed by atoms with van der Waals surface area (Å²) in [6, 6.07) is 9.05. The Morgan fingerprint density at radius 3 is 2.40 bits per heavy atom. The number of rotatable bonds is 2. The van der Waals surface area contributed by atoms with E-state index in [1.54, 1.807) is 6.92 Å². The molecular weight excluding hydrogens is 203 g/mol. The fourth-order valence-electron chi connectivity index (χ4n) is 1.95. The minimum absolute atomic E-state index is 0.166. The lowest BCUT2D eigenvalue weighted by Crippen LogP contribution is -2.22. The molecule has 1 aliphatic heterocycles. The van der Waals surface area contributed by atoms with E-state index in [-0.39, 0.29) is 6.04 Å². The lowest BCUT2D eigenvalue weighted by Gasteiger charge is -2.11. The van der Waals surface area contributed by atoms with Crippen molar-refractivity contribution in [3.8, 4) is 0 Å². The number of halogens is 3. The summed E-state index contributed by atoms with van der Waals surface area (Å²) < 4.78 is 36.7. The van der Waals surface area contributed by atoms with Gasteiger partial charge >= 0.3 is 6.18 Å². The molecule has 1 aromatic rings. The summed E-state index contributed by atoms with van der Waals surface area (Å²) >= 11 is 0. The molecule has 82 valence electrons. The van der Waals surface area contributed by atoms with Crippen molar-refractivity contribution in [3.63, 3.8) is 0 Å². The second-order valence-corrected chi connectivity index (χ2v) is 4.20. The zero-order chi connectivity index (χ0) is 11.1. The Balaban J connectivity index is 2.06. The van der Waals surface area contributed by atoms with Crippen molar-refractivity contribution >= 4 is 0 Å². The third-order valence-corrected chi connectivity index (χ3v) is 2.73. The first-order chi connectivity index (χ1) is 6.91. The lowest BCUT2D eigenvalue weighted by molar-refractivity contribution is -0.140. The maximum absolute atomic E-state index is 12.2. The zero-order valence-corrected chi connectivity index (χ0v) is 8.31. The highest BCUT2D eigenvalue weighted by molar-refractivity contribution is 5.30. The first-order valence-corrected chi connectivity index (χ1v) is 4.80. The predicted octanol–water partition coefficient (Wildman–Crippen LogP) is 3.04. The molecule has 2 rings (SSSR count). The first-order valence-electron chi connectivity index (χ1n) is 4.80. The van der Waals surface area contributed by atoms with Gasteiger partial charge in [0.15, 0.2) is 0 Å². The van der Waals surface area contributed by atoms with Gasteiger partial charge in [0, 0.05) is 5.54 Å². The summed E-state index contributed by atoms with van der Waals surface area (Å²) in [5.41, 5.74) is 0.101. The summed E-state index contributed by atoms with van der Waals surface area (Å²) in [7, 11) is 0. The fourth-order valence-corrected chi connectivity index (χ4v) is 1.95. The van der Waals surface area contributed by atoms with E-state index in [1.165, 1.54) is 0 Å². The summed E-state index contributed by atoms with van der Waals surface area (Å²) in [5.74, 6) is 0. The molecule has 0 saturated carbocycles. The molecule has 0 spiro atoms. The Morgan fingerprint density at radius 1 is 1.27 bits per heavy atom. The van der Waals surface area contributed by atoms with Crippen molar-refractivity contribution in [1.82, 2.24) is 5.32 Å². The van der Waals surface area contributed by atoms with Crippen LogP contribution in [-0.2, 0) is 0 Å². The molecule has 1 aliphatic rings. The van der Waals surface area contributed by atoms with Crippen LogP contribution in [0.4, 0.5) is 13.2 Å². The Labute approximate surface area is 86.3 Å². The zero-order valence-electron chi connectivity index (χ0n) is 8.31. The molecule has 0 bridgehead atoms. The van der Waals surface area contributed by atoms with Gasteiger partial charge in [-0.1, -0.05) is 30.3 Å². The van der Waals surface area contributed by atoms with Crippen molar-refractivity contribution in [1.29, 1.82) is 0 Å². The molecule has 0 aliphatic carbocycles. The monoisotopic (exact) mass is 215 g/mol. The van der Waals surface area contributed by atoms with Crippen LogP contribution in [-0.4, -0.2) is 11.7 Å². The van der Waals surface area contributed by atoms with E-state index in [2.05, 4.69) is 5.32 Å². The second kappa shape index (κ2) is 3.23. The Bertz CT molecular complexity index is 347. The second-order valence-electron chi connectivity index (χ2n) is 4.20. The smallest absolute Gasteiger partial charge is 0.301 e. The van der Waals surface area contributed by atoms with Gasteiger partial charge in [0.2, 0.25) is 0 Å². The normalized spacial score (nSPS) is 30.3. The van der Waals surface area contributed by atoms with E-state index >= 15 is 0 Å². The predicted molar refractivity (Wildman–Crippen MR) is 51.4 cm³/mol. The van der Waals surface area contributed by atoms with Crippen LogP contribution >= 0.6 is 0 Å². The molecule has 4 heteroatoms. The van der Waals surface area contributed by atoms with Crippen LogP contribution < -0.4 is 5.32 Å². The van der Waals surface area contributed by atoms with E-state index in [0.29, 0.717) is 0 Å². The number of hydrogen-bond donors (Lipinski definition) is 1. The van der Waals surface area contributed by atoms with Crippen LogP contribution in [0.3, 0.4) is 0 Å². The Hall–Kier alpha value is -1.03. The molecule has 1 nitrogen and oxygen atoms in total.